The zero-order valence-corrected chi connectivity index (χ0v) is 17.9. The molecule has 3 aromatic rings. The molecule has 0 saturated heterocycles. The zero-order valence-electron chi connectivity index (χ0n) is 17.1. The molecule has 152 valence electrons. The fraction of sp³-hybridized carbons (Fsp3) is 0.435. The molecule has 0 bridgehead atoms. The number of hydrogen-bond acceptors (Lipinski definition) is 4. The minimum Gasteiger partial charge on any atom is -0.349 e. The lowest BCUT2D eigenvalue weighted by Crippen LogP contribution is -2.28. The topological polar surface area (TPSA) is 59.8 Å². The molecule has 1 N–H and O–H groups in total. The van der Waals surface area contributed by atoms with Crippen molar-refractivity contribution >= 4 is 28.4 Å². The van der Waals surface area contributed by atoms with Crippen molar-refractivity contribution in [1.29, 1.82) is 0 Å². The maximum absolute atomic E-state index is 12.6. The summed E-state index contributed by atoms with van der Waals surface area (Å²) in [7, 11) is 0. The Morgan fingerprint density at radius 1 is 1.14 bits per heavy atom. The number of benzene rings is 2. The Morgan fingerprint density at radius 2 is 1.90 bits per heavy atom. The monoisotopic (exact) mass is 408 g/mol. The standard InChI is InChI=1S/C23H28N4OS/c1-16(20-14-8-10-18-9-6-7-13-21(18)20)24-22(28)15-29-23-26-25-17(2)27(23)19-11-4-3-5-12-19/h6-10,13-14,16,19H,3-5,11-12,15H2,1-2H3,(H,24,28)/t16-/m1/s1. The smallest absolute Gasteiger partial charge is 0.230 e. The summed E-state index contributed by atoms with van der Waals surface area (Å²) in [6.07, 6.45) is 6.19. The third-order valence-electron chi connectivity index (χ3n) is 5.77. The molecule has 0 spiro atoms. The van der Waals surface area contributed by atoms with Crippen LogP contribution in [0.25, 0.3) is 10.8 Å². The molecule has 1 saturated carbocycles. The molecule has 0 radical (unpaired) electrons. The van der Waals surface area contributed by atoms with Crippen molar-refractivity contribution in [3.8, 4) is 0 Å². The van der Waals surface area contributed by atoms with Crippen LogP contribution in [0.3, 0.4) is 0 Å². The van der Waals surface area contributed by atoms with Crippen LogP contribution in [-0.2, 0) is 4.79 Å². The van der Waals surface area contributed by atoms with Crippen molar-refractivity contribution in [3.63, 3.8) is 0 Å². The van der Waals surface area contributed by atoms with E-state index >= 15 is 0 Å². The van der Waals surface area contributed by atoms with Crippen LogP contribution in [0.4, 0.5) is 0 Å². The van der Waals surface area contributed by atoms with Crippen LogP contribution < -0.4 is 5.32 Å². The van der Waals surface area contributed by atoms with Crippen LogP contribution in [0, 0.1) is 6.92 Å². The molecule has 1 atom stereocenters. The van der Waals surface area contributed by atoms with E-state index in [1.807, 2.05) is 32.0 Å². The summed E-state index contributed by atoms with van der Waals surface area (Å²) in [6, 6.07) is 14.9. The van der Waals surface area contributed by atoms with Crippen LogP contribution in [0.5, 0.6) is 0 Å². The van der Waals surface area contributed by atoms with Gasteiger partial charge in [0, 0.05) is 6.04 Å². The number of hydrogen-bond donors (Lipinski definition) is 1. The van der Waals surface area contributed by atoms with Gasteiger partial charge in [0.15, 0.2) is 5.16 Å². The van der Waals surface area contributed by atoms with E-state index < -0.39 is 0 Å². The molecule has 29 heavy (non-hydrogen) atoms. The van der Waals surface area contributed by atoms with Crippen LogP contribution in [0.2, 0.25) is 0 Å². The van der Waals surface area contributed by atoms with Gasteiger partial charge >= 0.3 is 0 Å². The maximum atomic E-state index is 12.6. The van der Waals surface area contributed by atoms with Gasteiger partial charge in [-0.05, 0) is 43.0 Å². The van der Waals surface area contributed by atoms with Gasteiger partial charge in [0.25, 0.3) is 0 Å². The average Bonchev–Trinajstić information content (AvgIpc) is 3.12. The molecular weight excluding hydrogens is 380 g/mol. The summed E-state index contributed by atoms with van der Waals surface area (Å²) in [4.78, 5) is 12.6. The molecule has 1 fully saturated rings. The van der Waals surface area contributed by atoms with E-state index in [0.717, 1.165) is 16.5 Å². The zero-order chi connectivity index (χ0) is 20.2. The SMILES string of the molecule is Cc1nnc(SCC(=O)N[C@H](C)c2cccc3ccccc23)n1C1CCCCC1. The van der Waals surface area contributed by atoms with Gasteiger partial charge in [-0.3, -0.25) is 4.79 Å². The summed E-state index contributed by atoms with van der Waals surface area (Å²) in [6.45, 7) is 4.05. The van der Waals surface area contributed by atoms with Crippen molar-refractivity contribution in [2.24, 2.45) is 0 Å². The second kappa shape index (κ2) is 8.99. The van der Waals surface area contributed by atoms with Gasteiger partial charge in [-0.2, -0.15) is 0 Å². The Labute approximate surface area is 176 Å². The first-order chi connectivity index (χ1) is 14.1. The van der Waals surface area contributed by atoms with Crippen LogP contribution in [0.1, 0.15) is 62.5 Å². The third kappa shape index (κ3) is 4.47. The molecular formula is C23H28N4OS. The number of amides is 1. The fourth-order valence-electron chi connectivity index (χ4n) is 4.33. The number of aryl methyl sites for hydroxylation is 1. The number of carbonyl (C=O) groups is 1. The van der Waals surface area contributed by atoms with Crippen LogP contribution >= 0.6 is 11.8 Å². The molecule has 1 aromatic heterocycles. The minimum atomic E-state index is -0.0489. The average molecular weight is 409 g/mol. The lowest BCUT2D eigenvalue weighted by Gasteiger charge is -2.25. The number of rotatable bonds is 6. The maximum Gasteiger partial charge on any atom is 0.230 e. The highest BCUT2D eigenvalue weighted by molar-refractivity contribution is 7.99. The Kier molecular flexibility index (Phi) is 6.19. The van der Waals surface area contributed by atoms with E-state index in [0.29, 0.717) is 11.8 Å². The van der Waals surface area contributed by atoms with Crippen molar-refractivity contribution < 1.29 is 4.79 Å². The molecule has 4 rings (SSSR count). The lowest BCUT2D eigenvalue weighted by atomic mass is 9.95. The number of nitrogens with zero attached hydrogens (tertiary/aromatic N) is 3. The Balaban J connectivity index is 1.40. The van der Waals surface area contributed by atoms with Gasteiger partial charge in [0.1, 0.15) is 5.82 Å². The first-order valence-electron chi connectivity index (χ1n) is 10.4. The van der Waals surface area contributed by atoms with Gasteiger partial charge in [-0.25, -0.2) is 0 Å². The Bertz CT molecular complexity index is 988. The number of aromatic nitrogens is 3. The molecule has 0 aliphatic heterocycles. The molecule has 2 aromatic carbocycles. The second-order valence-electron chi connectivity index (χ2n) is 7.84. The van der Waals surface area contributed by atoms with E-state index in [4.69, 9.17) is 0 Å². The van der Waals surface area contributed by atoms with E-state index in [2.05, 4.69) is 44.3 Å². The highest BCUT2D eigenvalue weighted by Crippen LogP contribution is 2.32. The second-order valence-corrected chi connectivity index (χ2v) is 8.78. The number of fused-ring (bicyclic) bond motifs is 1. The van der Waals surface area contributed by atoms with Crippen molar-refractivity contribution in [1.82, 2.24) is 20.1 Å². The largest absolute Gasteiger partial charge is 0.349 e. The van der Waals surface area contributed by atoms with Gasteiger partial charge in [0.2, 0.25) is 5.91 Å². The quantitative estimate of drug-likeness (QED) is 0.569. The molecule has 1 aliphatic carbocycles. The molecule has 1 aliphatic rings. The molecule has 5 nitrogen and oxygen atoms in total. The minimum absolute atomic E-state index is 0.0197. The first-order valence-corrected chi connectivity index (χ1v) is 11.4. The van der Waals surface area contributed by atoms with E-state index in [9.17, 15) is 4.79 Å². The Hall–Kier alpha value is -2.34. The number of carbonyl (C=O) groups excluding carboxylic acids is 1. The number of nitrogens with one attached hydrogen (secondary N) is 1. The van der Waals surface area contributed by atoms with E-state index in [-0.39, 0.29) is 11.9 Å². The molecule has 1 heterocycles. The first kappa shape index (κ1) is 20.0. The predicted octanol–water partition coefficient (Wildman–Crippen LogP) is 5.21. The Morgan fingerprint density at radius 3 is 2.72 bits per heavy atom. The molecule has 0 unspecified atom stereocenters. The van der Waals surface area contributed by atoms with Gasteiger partial charge in [0.05, 0.1) is 11.8 Å². The highest BCUT2D eigenvalue weighted by atomic mass is 32.2. The summed E-state index contributed by atoms with van der Waals surface area (Å²) >= 11 is 1.49. The van der Waals surface area contributed by atoms with Crippen molar-refractivity contribution in [2.45, 2.75) is 63.2 Å². The van der Waals surface area contributed by atoms with Crippen molar-refractivity contribution in [2.75, 3.05) is 5.75 Å². The normalized spacial score (nSPS) is 16.1. The van der Waals surface area contributed by atoms with Crippen LogP contribution in [0.15, 0.2) is 47.6 Å². The lowest BCUT2D eigenvalue weighted by molar-refractivity contribution is -0.119. The summed E-state index contributed by atoms with van der Waals surface area (Å²) in [5.74, 6) is 1.31. The third-order valence-corrected chi connectivity index (χ3v) is 6.72. The number of thioether (sulfide) groups is 1. The van der Waals surface area contributed by atoms with Gasteiger partial charge in [-0.1, -0.05) is 73.5 Å². The van der Waals surface area contributed by atoms with E-state index in [1.165, 1.54) is 54.6 Å². The van der Waals surface area contributed by atoms with Crippen molar-refractivity contribution in [3.05, 3.63) is 53.9 Å². The van der Waals surface area contributed by atoms with E-state index in [1.54, 1.807) is 0 Å². The highest BCUT2D eigenvalue weighted by Gasteiger charge is 2.22. The fourth-order valence-corrected chi connectivity index (χ4v) is 5.19. The predicted molar refractivity (Wildman–Crippen MR) is 118 cm³/mol. The molecule has 1 amide bonds. The molecule has 6 heteroatoms. The summed E-state index contributed by atoms with van der Waals surface area (Å²) in [5.41, 5.74) is 1.14. The summed E-state index contributed by atoms with van der Waals surface area (Å²) in [5, 5.41) is 15.0. The summed E-state index contributed by atoms with van der Waals surface area (Å²) < 4.78 is 2.24. The van der Waals surface area contributed by atoms with Gasteiger partial charge < -0.3 is 9.88 Å². The van der Waals surface area contributed by atoms with Gasteiger partial charge in [-0.15, -0.1) is 10.2 Å². The van der Waals surface area contributed by atoms with Crippen LogP contribution in [-0.4, -0.2) is 26.4 Å².